The van der Waals surface area contributed by atoms with Gasteiger partial charge >= 0.3 is 0 Å². The Hall–Kier alpha value is -2.18. The number of hydrogen-bond acceptors (Lipinski definition) is 4. The maximum atomic E-state index is 13.1. The van der Waals surface area contributed by atoms with Crippen LogP contribution in [0.4, 0.5) is 0 Å². The van der Waals surface area contributed by atoms with Gasteiger partial charge in [0.2, 0.25) is 0 Å². The summed E-state index contributed by atoms with van der Waals surface area (Å²) in [6, 6.07) is 7.98. The Labute approximate surface area is 154 Å². The smallest absolute Gasteiger partial charge is 0.257 e. The molecular formula is C20H27N3O3. The molecule has 2 aromatic rings. The average molecular weight is 357 g/mol. The summed E-state index contributed by atoms with van der Waals surface area (Å²) in [7, 11) is 1.59. The predicted molar refractivity (Wildman–Crippen MR) is 99.9 cm³/mol. The van der Waals surface area contributed by atoms with Crippen LogP contribution in [0, 0.1) is 12.3 Å². The van der Waals surface area contributed by atoms with Gasteiger partial charge in [-0.1, -0.05) is 37.6 Å². The van der Waals surface area contributed by atoms with Crippen LogP contribution in [0.25, 0.3) is 11.3 Å². The summed E-state index contributed by atoms with van der Waals surface area (Å²) in [5.41, 5.74) is 1.95. The molecule has 0 bridgehead atoms. The molecule has 3 rings (SSSR count). The standard InChI is InChI=1S/C20H27N3O3/c1-14-6-5-7-15(10-14)17-16(11-21-22-17)18(24)23-9-8-20(25,13-26-4)19(2,3)12-23/h5-7,10-11,25H,8-9,12-13H2,1-4H3,(H,21,22). The van der Waals surface area contributed by atoms with Gasteiger partial charge in [-0.05, 0) is 19.4 Å². The van der Waals surface area contributed by atoms with Crippen LogP contribution in [-0.2, 0) is 4.74 Å². The number of ether oxygens (including phenoxy) is 1. The number of carbonyl (C=O) groups is 1. The van der Waals surface area contributed by atoms with Gasteiger partial charge in [0.25, 0.3) is 5.91 Å². The Morgan fingerprint density at radius 1 is 1.42 bits per heavy atom. The number of H-pyrrole nitrogens is 1. The van der Waals surface area contributed by atoms with Crippen LogP contribution < -0.4 is 0 Å². The molecule has 6 nitrogen and oxygen atoms in total. The van der Waals surface area contributed by atoms with Gasteiger partial charge in [-0.2, -0.15) is 5.10 Å². The maximum Gasteiger partial charge on any atom is 0.257 e. The van der Waals surface area contributed by atoms with Crippen LogP contribution in [0.3, 0.4) is 0 Å². The lowest BCUT2D eigenvalue weighted by atomic mass is 9.70. The maximum absolute atomic E-state index is 13.1. The minimum Gasteiger partial charge on any atom is -0.387 e. The number of aliphatic hydroxyl groups is 1. The minimum absolute atomic E-state index is 0.0669. The van der Waals surface area contributed by atoms with Crippen LogP contribution in [0.1, 0.15) is 36.2 Å². The first-order valence-corrected chi connectivity index (χ1v) is 8.88. The summed E-state index contributed by atoms with van der Waals surface area (Å²) in [5, 5.41) is 18.0. The molecule has 1 aromatic heterocycles. The average Bonchev–Trinajstić information content (AvgIpc) is 3.07. The number of methoxy groups -OCH3 is 1. The third-order valence-electron chi connectivity index (χ3n) is 5.49. The number of amides is 1. The van der Waals surface area contributed by atoms with Gasteiger partial charge in [-0.3, -0.25) is 9.89 Å². The largest absolute Gasteiger partial charge is 0.387 e. The fourth-order valence-corrected chi connectivity index (χ4v) is 3.68. The van der Waals surface area contributed by atoms with E-state index in [1.165, 1.54) is 0 Å². The number of nitrogens with zero attached hydrogens (tertiary/aromatic N) is 2. The Morgan fingerprint density at radius 2 is 2.19 bits per heavy atom. The first-order chi connectivity index (χ1) is 12.3. The summed E-state index contributed by atoms with van der Waals surface area (Å²) in [4.78, 5) is 14.9. The van der Waals surface area contributed by atoms with Gasteiger partial charge in [0.05, 0.1) is 29.7 Å². The normalized spacial score (nSPS) is 22.4. The van der Waals surface area contributed by atoms with E-state index < -0.39 is 11.0 Å². The van der Waals surface area contributed by atoms with Crippen LogP contribution in [-0.4, -0.2) is 58.5 Å². The molecule has 6 heteroatoms. The number of likely N-dealkylation sites (tertiary alicyclic amines) is 1. The molecule has 1 fully saturated rings. The molecule has 140 valence electrons. The molecule has 1 saturated heterocycles. The number of rotatable bonds is 4. The Balaban J connectivity index is 1.85. The van der Waals surface area contributed by atoms with Crippen molar-refractivity contribution in [3.05, 3.63) is 41.6 Å². The first-order valence-electron chi connectivity index (χ1n) is 8.88. The Bertz CT molecular complexity index is 799. The van der Waals surface area contributed by atoms with Crippen molar-refractivity contribution in [3.63, 3.8) is 0 Å². The first kappa shape index (κ1) is 18.6. The van der Waals surface area contributed by atoms with Gasteiger partial charge in [0.15, 0.2) is 0 Å². The second-order valence-electron chi connectivity index (χ2n) is 7.85. The molecule has 0 spiro atoms. The van der Waals surface area contributed by atoms with Crippen molar-refractivity contribution in [1.29, 1.82) is 0 Å². The van der Waals surface area contributed by atoms with E-state index in [1.807, 2.05) is 45.0 Å². The molecule has 2 N–H and O–H groups in total. The number of aromatic nitrogens is 2. The molecule has 26 heavy (non-hydrogen) atoms. The highest BCUT2D eigenvalue weighted by Crippen LogP contribution is 2.39. The van der Waals surface area contributed by atoms with Gasteiger partial charge in [0.1, 0.15) is 0 Å². The number of benzene rings is 1. The fourth-order valence-electron chi connectivity index (χ4n) is 3.68. The van der Waals surface area contributed by atoms with Crippen molar-refractivity contribution in [1.82, 2.24) is 15.1 Å². The lowest BCUT2D eigenvalue weighted by Gasteiger charge is -2.49. The van der Waals surface area contributed by atoms with Crippen LogP contribution in [0.2, 0.25) is 0 Å². The van der Waals surface area contributed by atoms with E-state index >= 15 is 0 Å². The summed E-state index contributed by atoms with van der Waals surface area (Å²) in [6.45, 7) is 7.18. The molecular weight excluding hydrogens is 330 g/mol. The van der Waals surface area contributed by atoms with Crippen molar-refractivity contribution in [3.8, 4) is 11.3 Å². The highest BCUT2D eigenvalue weighted by atomic mass is 16.5. The second kappa shape index (κ2) is 6.85. The molecule has 1 unspecified atom stereocenters. The zero-order valence-electron chi connectivity index (χ0n) is 15.9. The van der Waals surface area contributed by atoms with E-state index in [2.05, 4.69) is 10.2 Å². The monoisotopic (exact) mass is 357 g/mol. The van der Waals surface area contributed by atoms with Crippen LogP contribution >= 0.6 is 0 Å². The quantitative estimate of drug-likeness (QED) is 0.882. The van der Waals surface area contributed by atoms with E-state index in [4.69, 9.17) is 4.74 Å². The number of aromatic amines is 1. The predicted octanol–water partition coefficient (Wildman–Crippen LogP) is 2.63. The number of hydrogen-bond donors (Lipinski definition) is 2. The number of nitrogens with one attached hydrogen (secondary N) is 1. The molecule has 1 atom stereocenters. The number of piperidine rings is 1. The summed E-state index contributed by atoms with van der Waals surface area (Å²) >= 11 is 0. The van der Waals surface area contributed by atoms with Gasteiger partial charge in [0, 0.05) is 31.2 Å². The van der Waals surface area contributed by atoms with Gasteiger partial charge in [-0.15, -0.1) is 0 Å². The molecule has 0 radical (unpaired) electrons. The molecule has 2 heterocycles. The van der Waals surface area contributed by atoms with Crippen molar-refractivity contribution in [2.75, 3.05) is 26.8 Å². The van der Waals surface area contributed by atoms with E-state index in [-0.39, 0.29) is 12.5 Å². The van der Waals surface area contributed by atoms with E-state index in [0.29, 0.717) is 25.1 Å². The molecule has 1 aliphatic heterocycles. The molecule has 0 saturated carbocycles. The molecule has 1 aromatic carbocycles. The summed E-state index contributed by atoms with van der Waals surface area (Å²) in [5.74, 6) is -0.0669. The molecule has 1 aliphatic rings. The second-order valence-corrected chi connectivity index (χ2v) is 7.85. The third-order valence-corrected chi connectivity index (χ3v) is 5.49. The number of aryl methyl sites for hydroxylation is 1. The van der Waals surface area contributed by atoms with Gasteiger partial charge in [-0.25, -0.2) is 0 Å². The lowest BCUT2D eigenvalue weighted by molar-refractivity contribution is -0.144. The van der Waals surface area contributed by atoms with Gasteiger partial charge < -0.3 is 14.7 Å². The topological polar surface area (TPSA) is 78.5 Å². The minimum atomic E-state index is -0.936. The van der Waals surface area contributed by atoms with E-state index in [0.717, 1.165) is 16.8 Å². The van der Waals surface area contributed by atoms with E-state index in [1.54, 1.807) is 18.2 Å². The van der Waals surface area contributed by atoms with Crippen LogP contribution in [0.5, 0.6) is 0 Å². The Morgan fingerprint density at radius 3 is 2.85 bits per heavy atom. The van der Waals surface area contributed by atoms with Crippen molar-refractivity contribution < 1.29 is 14.6 Å². The SMILES string of the molecule is COCC1(O)CCN(C(=O)c2cn[nH]c2-c2cccc(C)c2)CC1(C)C. The fraction of sp³-hybridized carbons (Fsp3) is 0.500. The summed E-state index contributed by atoms with van der Waals surface area (Å²) in [6.07, 6.45) is 2.07. The van der Waals surface area contributed by atoms with Crippen molar-refractivity contribution >= 4 is 5.91 Å². The zero-order chi connectivity index (χ0) is 18.9. The van der Waals surface area contributed by atoms with E-state index in [9.17, 15) is 9.90 Å². The summed E-state index contributed by atoms with van der Waals surface area (Å²) < 4.78 is 5.21. The van der Waals surface area contributed by atoms with Crippen molar-refractivity contribution in [2.45, 2.75) is 32.8 Å². The highest BCUT2D eigenvalue weighted by Gasteiger charge is 2.48. The zero-order valence-corrected chi connectivity index (χ0v) is 15.9. The molecule has 1 amide bonds. The molecule has 0 aliphatic carbocycles. The number of carbonyl (C=O) groups excluding carboxylic acids is 1. The third kappa shape index (κ3) is 3.27. The van der Waals surface area contributed by atoms with Crippen molar-refractivity contribution in [2.24, 2.45) is 5.41 Å². The highest BCUT2D eigenvalue weighted by molar-refractivity contribution is 5.99. The van der Waals surface area contributed by atoms with Crippen LogP contribution in [0.15, 0.2) is 30.5 Å². The Kier molecular flexibility index (Phi) is 4.90. The lowest BCUT2D eigenvalue weighted by Crippen LogP contribution is -2.60.